The molecule has 2 fully saturated rings. The summed E-state index contributed by atoms with van der Waals surface area (Å²) >= 11 is 0. The second-order valence-corrected chi connectivity index (χ2v) is 6.37. The van der Waals surface area contributed by atoms with E-state index in [0.717, 1.165) is 50.0 Å². The van der Waals surface area contributed by atoms with Gasteiger partial charge < -0.3 is 10.0 Å². The standard InChI is InChI=1S/C17H22N2O/c1-13-5-6-14(11-18)16(10-13)19-9-8-17(20)7-3-2-4-15(17)12-19/h5-6,10,15,20H,2-4,7-9,12H2,1H3. The smallest absolute Gasteiger partial charge is 0.101 e. The van der Waals surface area contributed by atoms with Gasteiger partial charge in [0, 0.05) is 19.0 Å². The summed E-state index contributed by atoms with van der Waals surface area (Å²) < 4.78 is 0. The van der Waals surface area contributed by atoms with Crippen molar-refractivity contribution in [2.75, 3.05) is 18.0 Å². The maximum atomic E-state index is 10.7. The first-order valence-electron chi connectivity index (χ1n) is 7.60. The summed E-state index contributed by atoms with van der Waals surface area (Å²) in [5.74, 6) is 0.358. The highest BCUT2D eigenvalue weighted by Gasteiger charge is 2.42. The molecule has 3 nitrogen and oxygen atoms in total. The van der Waals surface area contributed by atoms with E-state index in [1.54, 1.807) is 0 Å². The number of aliphatic hydroxyl groups is 1. The minimum atomic E-state index is -0.453. The largest absolute Gasteiger partial charge is 0.389 e. The van der Waals surface area contributed by atoms with Crippen LogP contribution in [0.2, 0.25) is 0 Å². The van der Waals surface area contributed by atoms with E-state index in [1.165, 1.54) is 12.0 Å². The van der Waals surface area contributed by atoms with Crippen LogP contribution in [0, 0.1) is 24.2 Å². The van der Waals surface area contributed by atoms with Crippen molar-refractivity contribution in [3.8, 4) is 6.07 Å². The summed E-state index contributed by atoms with van der Waals surface area (Å²) in [6, 6.07) is 8.30. The molecule has 1 aromatic carbocycles. The van der Waals surface area contributed by atoms with Gasteiger partial charge in [-0.3, -0.25) is 0 Å². The zero-order chi connectivity index (χ0) is 14.2. The van der Waals surface area contributed by atoms with Crippen molar-refractivity contribution in [3.05, 3.63) is 29.3 Å². The van der Waals surface area contributed by atoms with E-state index in [9.17, 15) is 10.4 Å². The molecule has 1 aliphatic carbocycles. The van der Waals surface area contributed by atoms with E-state index in [-0.39, 0.29) is 0 Å². The van der Waals surface area contributed by atoms with Crippen LogP contribution >= 0.6 is 0 Å². The molecule has 0 radical (unpaired) electrons. The fourth-order valence-corrected chi connectivity index (χ4v) is 3.79. The van der Waals surface area contributed by atoms with Crippen LogP contribution in [0.3, 0.4) is 0 Å². The lowest BCUT2D eigenvalue weighted by Gasteiger charge is -2.48. The van der Waals surface area contributed by atoms with Crippen LogP contribution in [-0.2, 0) is 0 Å². The van der Waals surface area contributed by atoms with Crippen LogP contribution < -0.4 is 4.90 Å². The predicted molar refractivity (Wildman–Crippen MR) is 79.6 cm³/mol. The third-order valence-electron chi connectivity index (χ3n) is 5.04. The van der Waals surface area contributed by atoms with Crippen LogP contribution in [0.5, 0.6) is 0 Å². The first-order valence-corrected chi connectivity index (χ1v) is 7.60. The number of hydrogen-bond donors (Lipinski definition) is 1. The Morgan fingerprint density at radius 2 is 2.20 bits per heavy atom. The molecule has 1 saturated carbocycles. The Morgan fingerprint density at radius 3 is 3.00 bits per heavy atom. The van der Waals surface area contributed by atoms with Gasteiger partial charge in [0.15, 0.2) is 0 Å². The molecule has 0 bridgehead atoms. The molecule has 20 heavy (non-hydrogen) atoms. The summed E-state index contributed by atoms with van der Waals surface area (Å²) in [4.78, 5) is 2.30. The number of nitrogens with zero attached hydrogens (tertiary/aromatic N) is 2. The third-order valence-corrected chi connectivity index (χ3v) is 5.04. The summed E-state index contributed by atoms with van der Waals surface area (Å²) in [5, 5.41) is 20.0. The van der Waals surface area contributed by atoms with Crippen molar-refractivity contribution >= 4 is 5.69 Å². The van der Waals surface area contributed by atoms with E-state index in [0.29, 0.717) is 5.92 Å². The number of anilines is 1. The second kappa shape index (κ2) is 5.10. The number of benzene rings is 1. The van der Waals surface area contributed by atoms with E-state index >= 15 is 0 Å². The SMILES string of the molecule is Cc1ccc(C#N)c(N2CCC3(O)CCCCC3C2)c1. The fourth-order valence-electron chi connectivity index (χ4n) is 3.79. The van der Waals surface area contributed by atoms with Gasteiger partial charge in [-0.05, 0) is 43.9 Å². The van der Waals surface area contributed by atoms with E-state index in [1.807, 2.05) is 12.1 Å². The zero-order valence-electron chi connectivity index (χ0n) is 12.1. The Kier molecular flexibility index (Phi) is 3.43. The Labute approximate surface area is 120 Å². The van der Waals surface area contributed by atoms with Crippen LogP contribution in [0.4, 0.5) is 5.69 Å². The molecule has 1 aliphatic heterocycles. The molecule has 1 N–H and O–H groups in total. The average Bonchev–Trinajstić information content (AvgIpc) is 2.46. The number of piperidine rings is 1. The molecular weight excluding hydrogens is 248 g/mol. The molecule has 0 amide bonds. The average molecular weight is 270 g/mol. The van der Waals surface area contributed by atoms with Crippen molar-refractivity contribution < 1.29 is 5.11 Å². The lowest BCUT2D eigenvalue weighted by molar-refractivity contribution is -0.0612. The maximum absolute atomic E-state index is 10.7. The number of fused-ring (bicyclic) bond motifs is 1. The molecule has 1 saturated heterocycles. The quantitative estimate of drug-likeness (QED) is 0.853. The summed E-state index contributed by atoms with van der Waals surface area (Å²) in [5.41, 5.74) is 2.52. The van der Waals surface area contributed by atoms with E-state index in [4.69, 9.17) is 0 Å². The highest BCUT2D eigenvalue weighted by molar-refractivity contribution is 5.61. The first kappa shape index (κ1) is 13.5. The summed E-state index contributed by atoms with van der Waals surface area (Å²) in [6.45, 7) is 3.80. The molecular formula is C17H22N2O. The molecule has 0 aromatic heterocycles. The zero-order valence-corrected chi connectivity index (χ0v) is 12.1. The Balaban J connectivity index is 1.86. The van der Waals surface area contributed by atoms with Gasteiger partial charge in [0.25, 0.3) is 0 Å². The fraction of sp³-hybridized carbons (Fsp3) is 0.588. The van der Waals surface area contributed by atoms with Crippen molar-refractivity contribution in [3.63, 3.8) is 0 Å². The van der Waals surface area contributed by atoms with Crippen LogP contribution in [0.25, 0.3) is 0 Å². The van der Waals surface area contributed by atoms with Gasteiger partial charge in [-0.1, -0.05) is 18.9 Å². The van der Waals surface area contributed by atoms with Gasteiger partial charge in [-0.25, -0.2) is 0 Å². The van der Waals surface area contributed by atoms with E-state index in [2.05, 4.69) is 24.0 Å². The first-order chi connectivity index (χ1) is 9.62. The number of nitriles is 1. The predicted octanol–water partition coefficient (Wildman–Crippen LogP) is 3.00. The van der Waals surface area contributed by atoms with Gasteiger partial charge in [0.1, 0.15) is 6.07 Å². The van der Waals surface area contributed by atoms with Gasteiger partial charge in [0.05, 0.1) is 16.9 Å². The molecule has 1 aromatic rings. The Morgan fingerprint density at radius 1 is 1.35 bits per heavy atom. The van der Waals surface area contributed by atoms with Gasteiger partial charge in [-0.2, -0.15) is 5.26 Å². The molecule has 3 heteroatoms. The van der Waals surface area contributed by atoms with Gasteiger partial charge in [-0.15, -0.1) is 0 Å². The summed E-state index contributed by atoms with van der Waals surface area (Å²) in [7, 11) is 0. The summed E-state index contributed by atoms with van der Waals surface area (Å²) in [6.07, 6.45) is 5.27. The highest BCUT2D eigenvalue weighted by Crippen LogP contribution is 2.41. The Bertz CT molecular complexity index is 548. The Hall–Kier alpha value is -1.53. The minimum absolute atomic E-state index is 0.358. The lowest BCUT2D eigenvalue weighted by atomic mass is 9.71. The molecule has 2 aliphatic rings. The number of aryl methyl sites for hydroxylation is 1. The van der Waals surface area contributed by atoms with Crippen molar-refractivity contribution in [2.45, 2.75) is 44.6 Å². The lowest BCUT2D eigenvalue weighted by Crippen LogP contribution is -2.53. The monoisotopic (exact) mass is 270 g/mol. The number of rotatable bonds is 1. The topological polar surface area (TPSA) is 47.3 Å². The van der Waals surface area contributed by atoms with Gasteiger partial charge >= 0.3 is 0 Å². The van der Waals surface area contributed by atoms with Gasteiger partial charge in [0.2, 0.25) is 0 Å². The number of hydrogen-bond acceptors (Lipinski definition) is 3. The minimum Gasteiger partial charge on any atom is -0.389 e. The molecule has 2 atom stereocenters. The third kappa shape index (κ3) is 2.29. The molecule has 3 rings (SSSR count). The van der Waals surface area contributed by atoms with Crippen molar-refractivity contribution in [2.24, 2.45) is 5.92 Å². The highest BCUT2D eigenvalue weighted by atomic mass is 16.3. The van der Waals surface area contributed by atoms with Crippen LogP contribution in [0.1, 0.15) is 43.2 Å². The van der Waals surface area contributed by atoms with E-state index < -0.39 is 5.60 Å². The molecule has 1 heterocycles. The van der Waals surface area contributed by atoms with Crippen LogP contribution in [0.15, 0.2) is 18.2 Å². The van der Waals surface area contributed by atoms with Crippen LogP contribution in [-0.4, -0.2) is 23.8 Å². The van der Waals surface area contributed by atoms with Crippen molar-refractivity contribution in [1.82, 2.24) is 0 Å². The molecule has 106 valence electrons. The van der Waals surface area contributed by atoms with Crippen molar-refractivity contribution in [1.29, 1.82) is 5.26 Å². The molecule has 0 spiro atoms. The second-order valence-electron chi connectivity index (χ2n) is 6.37. The molecule has 2 unspecified atom stereocenters. The maximum Gasteiger partial charge on any atom is 0.101 e. The normalized spacial score (nSPS) is 29.6.